The summed E-state index contributed by atoms with van der Waals surface area (Å²) in [5.74, 6) is 0.488. The fraction of sp³-hybridized carbons (Fsp3) is 0.588. The van der Waals surface area contributed by atoms with Crippen molar-refractivity contribution in [3.8, 4) is 5.75 Å². The molecule has 0 bridgehead atoms. The number of hydrogen-bond donors (Lipinski definition) is 2. The molecule has 0 aromatic heterocycles. The van der Waals surface area contributed by atoms with Crippen molar-refractivity contribution >= 4 is 5.97 Å². The Hall–Kier alpha value is -1.55. The van der Waals surface area contributed by atoms with Crippen LogP contribution in [0.3, 0.4) is 0 Å². The summed E-state index contributed by atoms with van der Waals surface area (Å²) in [6, 6.07) is 6.31. The minimum Gasteiger partial charge on any atom is -0.496 e. The summed E-state index contributed by atoms with van der Waals surface area (Å²) in [6.07, 6.45) is 0.829. The number of benzene rings is 1. The van der Waals surface area contributed by atoms with E-state index in [4.69, 9.17) is 9.84 Å². The molecule has 0 saturated heterocycles. The van der Waals surface area contributed by atoms with E-state index in [9.17, 15) is 4.79 Å². The van der Waals surface area contributed by atoms with E-state index in [-0.39, 0.29) is 18.5 Å². The van der Waals surface area contributed by atoms with Crippen molar-refractivity contribution in [1.82, 2.24) is 5.32 Å². The van der Waals surface area contributed by atoms with Crippen molar-refractivity contribution in [2.75, 3.05) is 7.11 Å². The fourth-order valence-corrected chi connectivity index (χ4v) is 2.52. The van der Waals surface area contributed by atoms with Crippen LogP contribution >= 0.6 is 0 Å². The zero-order valence-corrected chi connectivity index (χ0v) is 13.6. The molecule has 1 unspecified atom stereocenters. The number of ether oxygens (including phenoxy) is 1. The number of carboxylic acids is 1. The van der Waals surface area contributed by atoms with Crippen LogP contribution in [0.2, 0.25) is 0 Å². The molecule has 1 aromatic rings. The van der Waals surface area contributed by atoms with Crippen LogP contribution in [-0.2, 0) is 11.2 Å². The lowest BCUT2D eigenvalue weighted by Gasteiger charge is -2.21. The van der Waals surface area contributed by atoms with Crippen LogP contribution in [0.25, 0.3) is 0 Å². The maximum absolute atomic E-state index is 11.0. The summed E-state index contributed by atoms with van der Waals surface area (Å²) in [7, 11) is 1.68. The average Bonchev–Trinajstić information content (AvgIpc) is 2.36. The Balaban J connectivity index is 2.92. The van der Waals surface area contributed by atoms with Crippen molar-refractivity contribution in [2.24, 2.45) is 0 Å². The smallest absolute Gasteiger partial charge is 0.304 e. The molecule has 21 heavy (non-hydrogen) atoms. The third kappa shape index (κ3) is 5.76. The highest BCUT2D eigenvalue weighted by Crippen LogP contribution is 2.27. The third-order valence-corrected chi connectivity index (χ3v) is 3.39. The molecule has 0 aliphatic heterocycles. The Morgan fingerprint density at radius 2 is 1.95 bits per heavy atom. The van der Waals surface area contributed by atoms with Gasteiger partial charge in [-0.05, 0) is 29.5 Å². The van der Waals surface area contributed by atoms with E-state index in [2.05, 4.69) is 25.2 Å². The molecule has 4 heteroatoms. The SMILES string of the molecule is COc1ccc(CC(CC(=O)O)NC(C)C)cc1C(C)C. The van der Waals surface area contributed by atoms with E-state index < -0.39 is 5.97 Å². The molecular formula is C17H27NO3. The summed E-state index contributed by atoms with van der Waals surface area (Å²) < 4.78 is 5.39. The first-order valence-electron chi connectivity index (χ1n) is 7.48. The van der Waals surface area contributed by atoms with Gasteiger partial charge in [-0.25, -0.2) is 0 Å². The van der Waals surface area contributed by atoms with Crippen LogP contribution in [-0.4, -0.2) is 30.3 Å². The quantitative estimate of drug-likeness (QED) is 0.773. The van der Waals surface area contributed by atoms with Gasteiger partial charge in [-0.3, -0.25) is 4.79 Å². The highest BCUT2D eigenvalue weighted by Gasteiger charge is 2.16. The minimum absolute atomic E-state index is 0.0593. The van der Waals surface area contributed by atoms with Crippen LogP contribution in [0.15, 0.2) is 18.2 Å². The highest BCUT2D eigenvalue weighted by atomic mass is 16.5. The van der Waals surface area contributed by atoms with Gasteiger partial charge in [0.05, 0.1) is 13.5 Å². The number of rotatable bonds is 8. The first kappa shape index (κ1) is 17.5. The highest BCUT2D eigenvalue weighted by molar-refractivity contribution is 5.67. The molecule has 1 aromatic carbocycles. The van der Waals surface area contributed by atoms with Gasteiger partial charge in [-0.15, -0.1) is 0 Å². The van der Waals surface area contributed by atoms with Crippen molar-refractivity contribution in [1.29, 1.82) is 0 Å². The van der Waals surface area contributed by atoms with Gasteiger partial charge in [0.2, 0.25) is 0 Å². The van der Waals surface area contributed by atoms with Crippen LogP contribution in [0, 0.1) is 0 Å². The number of nitrogens with one attached hydrogen (secondary N) is 1. The van der Waals surface area contributed by atoms with Gasteiger partial charge < -0.3 is 15.2 Å². The number of carbonyl (C=O) groups is 1. The molecule has 0 saturated carbocycles. The molecule has 0 radical (unpaired) electrons. The summed E-state index contributed by atoms with van der Waals surface area (Å²) >= 11 is 0. The second kappa shape index (κ2) is 8.03. The van der Waals surface area contributed by atoms with Gasteiger partial charge in [-0.1, -0.05) is 39.8 Å². The molecule has 0 fully saturated rings. The molecule has 0 aliphatic carbocycles. The lowest BCUT2D eigenvalue weighted by Crippen LogP contribution is -2.38. The Kier molecular flexibility index (Phi) is 6.69. The molecular weight excluding hydrogens is 266 g/mol. The van der Waals surface area contributed by atoms with E-state index >= 15 is 0 Å². The standard InChI is InChI=1S/C17H27NO3/c1-11(2)15-9-13(6-7-16(15)21-5)8-14(10-17(19)20)18-12(3)4/h6-7,9,11-12,14,18H,8,10H2,1-5H3,(H,19,20). The van der Waals surface area contributed by atoms with Gasteiger partial charge in [0.15, 0.2) is 0 Å². The Morgan fingerprint density at radius 3 is 2.43 bits per heavy atom. The topological polar surface area (TPSA) is 58.6 Å². The minimum atomic E-state index is -0.772. The van der Waals surface area contributed by atoms with Crippen molar-refractivity contribution in [3.63, 3.8) is 0 Å². The molecule has 118 valence electrons. The predicted molar refractivity (Wildman–Crippen MR) is 85.1 cm³/mol. The fourth-order valence-electron chi connectivity index (χ4n) is 2.52. The van der Waals surface area contributed by atoms with Crippen molar-refractivity contribution < 1.29 is 14.6 Å². The summed E-state index contributed by atoms with van der Waals surface area (Å²) in [4.78, 5) is 11.0. The van der Waals surface area contributed by atoms with Gasteiger partial charge in [-0.2, -0.15) is 0 Å². The molecule has 0 spiro atoms. The summed E-state index contributed by atoms with van der Waals surface area (Å²) in [5, 5.41) is 12.4. The Bertz CT molecular complexity index is 469. The maximum Gasteiger partial charge on any atom is 0.304 e. The monoisotopic (exact) mass is 293 g/mol. The van der Waals surface area contributed by atoms with E-state index in [0.29, 0.717) is 12.3 Å². The zero-order chi connectivity index (χ0) is 16.0. The molecule has 2 N–H and O–H groups in total. The van der Waals surface area contributed by atoms with E-state index in [1.54, 1.807) is 7.11 Å². The van der Waals surface area contributed by atoms with Gasteiger partial charge >= 0.3 is 5.97 Å². The van der Waals surface area contributed by atoms with Gasteiger partial charge in [0.1, 0.15) is 5.75 Å². The van der Waals surface area contributed by atoms with Crippen LogP contribution in [0.5, 0.6) is 5.75 Å². The Morgan fingerprint density at radius 1 is 1.29 bits per heavy atom. The van der Waals surface area contributed by atoms with Crippen LogP contribution < -0.4 is 10.1 Å². The van der Waals surface area contributed by atoms with Crippen LogP contribution in [0.1, 0.15) is 51.2 Å². The summed E-state index contributed by atoms with van der Waals surface area (Å²) in [6.45, 7) is 8.32. The second-order valence-electron chi connectivity index (χ2n) is 6.05. The molecule has 0 aliphatic rings. The van der Waals surface area contributed by atoms with Gasteiger partial charge in [0.25, 0.3) is 0 Å². The van der Waals surface area contributed by atoms with E-state index in [0.717, 1.165) is 16.9 Å². The zero-order valence-electron chi connectivity index (χ0n) is 13.6. The number of aliphatic carboxylic acids is 1. The van der Waals surface area contributed by atoms with Crippen molar-refractivity contribution in [3.05, 3.63) is 29.3 Å². The maximum atomic E-state index is 11.0. The number of methoxy groups -OCH3 is 1. The largest absolute Gasteiger partial charge is 0.496 e. The first-order valence-corrected chi connectivity index (χ1v) is 7.48. The first-order chi connectivity index (χ1) is 9.83. The van der Waals surface area contributed by atoms with Crippen LogP contribution in [0.4, 0.5) is 0 Å². The third-order valence-electron chi connectivity index (χ3n) is 3.39. The normalized spacial score (nSPS) is 12.7. The molecule has 1 rings (SSSR count). The summed E-state index contributed by atoms with van der Waals surface area (Å²) in [5.41, 5.74) is 2.30. The average molecular weight is 293 g/mol. The molecule has 1 atom stereocenters. The van der Waals surface area contributed by atoms with E-state index in [1.165, 1.54) is 0 Å². The number of hydrogen-bond acceptors (Lipinski definition) is 3. The molecule has 4 nitrogen and oxygen atoms in total. The van der Waals surface area contributed by atoms with E-state index in [1.807, 2.05) is 26.0 Å². The molecule has 0 amide bonds. The lowest BCUT2D eigenvalue weighted by atomic mass is 9.95. The Labute approximate surface area is 127 Å². The predicted octanol–water partition coefficient (Wildman–Crippen LogP) is 3.20. The van der Waals surface area contributed by atoms with Crippen molar-refractivity contribution in [2.45, 2.75) is 58.5 Å². The lowest BCUT2D eigenvalue weighted by molar-refractivity contribution is -0.137. The molecule has 0 heterocycles. The van der Waals surface area contributed by atoms with Gasteiger partial charge in [0, 0.05) is 12.1 Å². The number of carboxylic acid groups (broad SMARTS) is 1. The second-order valence-corrected chi connectivity index (χ2v) is 6.05.